The third kappa shape index (κ3) is 1.98. The van der Waals surface area contributed by atoms with Crippen LogP contribution < -0.4 is 5.56 Å². The number of H-pyrrole nitrogens is 1. The molecule has 0 aliphatic heterocycles. The quantitative estimate of drug-likeness (QED) is 0.512. The number of hydrogen-bond acceptors (Lipinski definition) is 3. The van der Waals surface area contributed by atoms with E-state index in [4.69, 9.17) is 0 Å². The fourth-order valence-electron chi connectivity index (χ4n) is 0.668. The number of nitrogens with one attached hydrogen (secondary N) is 1. The Morgan fingerprint density at radius 2 is 2.42 bits per heavy atom. The van der Waals surface area contributed by atoms with Gasteiger partial charge in [0.05, 0.1) is 5.69 Å². The molecule has 0 aliphatic carbocycles. The average Bonchev–Trinajstić information content (AvgIpc) is 2.09. The zero-order chi connectivity index (χ0) is 9.14. The van der Waals surface area contributed by atoms with Gasteiger partial charge in [0.15, 0.2) is 5.16 Å². The van der Waals surface area contributed by atoms with Gasteiger partial charge in [0.2, 0.25) is 0 Å². The topological polar surface area (TPSA) is 45.8 Å². The van der Waals surface area contributed by atoms with Crippen LogP contribution in [0.4, 0.5) is 4.39 Å². The molecule has 1 rings (SSSR count). The number of thioether (sulfide) groups is 1. The van der Waals surface area contributed by atoms with Crippen LogP contribution >= 0.6 is 34.4 Å². The van der Waals surface area contributed by atoms with E-state index >= 15 is 0 Å². The summed E-state index contributed by atoms with van der Waals surface area (Å²) in [6.45, 7) is -0.699. The number of nitrogens with zero attached hydrogens (tertiary/aromatic N) is 1. The molecule has 3 nitrogen and oxygen atoms in total. The van der Waals surface area contributed by atoms with E-state index < -0.39 is 6.67 Å². The van der Waals surface area contributed by atoms with E-state index in [2.05, 4.69) is 9.97 Å². The van der Waals surface area contributed by atoms with E-state index in [1.165, 1.54) is 11.8 Å². The molecule has 0 aliphatic rings. The second-order valence-electron chi connectivity index (χ2n) is 1.97. The van der Waals surface area contributed by atoms with Crippen molar-refractivity contribution in [3.05, 3.63) is 19.6 Å². The van der Waals surface area contributed by atoms with Crippen molar-refractivity contribution in [1.82, 2.24) is 9.97 Å². The van der Waals surface area contributed by atoms with Gasteiger partial charge < -0.3 is 4.98 Å². The Morgan fingerprint density at radius 1 is 1.75 bits per heavy atom. The highest BCUT2D eigenvalue weighted by atomic mass is 127. The maximum absolute atomic E-state index is 12.3. The molecule has 1 aromatic heterocycles. The van der Waals surface area contributed by atoms with Gasteiger partial charge in [-0.05, 0) is 28.8 Å². The van der Waals surface area contributed by atoms with Crippen LogP contribution in [0.25, 0.3) is 0 Å². The summed E-state index contributed by atoms with van der Waals surface area (Å²) < 4.78 is 12.6. The summed E-state index contributed by atoms with van der Waals surface area (Å²) in [5.41, 5.74) is -0.0636. The van der Waals surface area contributed by atoms with E-state index in [1.54, 1.807) is 28.8 Å². The minimum atomic E-state index is -0.699. The normalized spacial score (nSPS) is 10.2. The molecule has 0 fully saturated rings. The standard InChI is InChI=1S/C6H6FIN2OS/c1-12-6-9-3(2-7)4(8)5(11)10-6/h2H2,1H3,(H,9,10,11). The van der Waals surface area contributed by atoms with Gasteiger partial charge in [-0.2, -0.15) is 0 Å². The molecule has 1 N–H and O–H groups in total. The highest BCUT2D eigenvalue weighted by molar-refractivity contribution is 14.1. The molecule has 0 radical (unpaired) electrons. The second-order valence-corrected chi connectivity index (χ2v) is 3.84. The SMILES string of the molecule is CSc1nc(CF)c(I)c(=O)[nH]1. The van der Waals surface area contributed by atoms with Crippen molar-refractivity contribution in [2.24, 2.45) is 0 Å². The summed E-state index contributed by atoms with van der Waals surface area (Å²) in [5.74, 6) is 0. The summed E-state index contributed by atoms with van der Waals surface area (Å²) in [5, 5.41) is 0.452. The molecular formula is C6H6FIN2OS. The smallest absolute Gasteiger partial charge is 0.265 e. The number of rotatable bonds is 2. The molecule has 0 atom stereocenters. The maximum atomic E-state index is 12.3. The largest absolute Gasteiger partial charge is 0.301 e. The van der Waals surface area contributed by atoms with Gasteiger partial charge in [-0.3, -0.25) is 4.79 Å². The summed E-state index contributed by atoms with van der Waals surface area (Å²) in [6.07, 6.45) is 1.77. The van der Waals surface area contributed by atoms with Crippen LogP contribution in [0.5, 0.6) is 0 Å². The second kappa shape index (κ2) is 4.22. The summed E-state index contributed by atoms with van der Waals surface area (Å²) in [4.78, 5) is 17.5. The van der Waals surface area contributed by atoms with Crippen molar-refractivity contribution in [2.75, 3.05) is 6.26 Å². The predicted molar refractivity (Wildman–Crippen MR) is 54.2 cm³/mol. The van der Waals surface area contributed by atoms with E-state index in [-0.39, 0.29) is 11.3 Å². The lowest BCUT2D eigenvalue weighted by molar-refractivity contribution is 0.469. The van der Waals surface area contributed by atoms with Crippen LogP contribution in [0.2, 0.25) is 0 Å². The predicted octanol–water partition coefficient (Wildman–Crippen LogP) is 1.57. The molecule has 1 heterocycles. The number of halogens is 2. The minimum Gasteiger partial charge on any atom is -0.301 e. The van der Waals surface area contributed by atoms with Gasteiger partial charge >= 0.3 is 0 Å². The van der Waals surface area contributed by atoms with Crippen LogP contribution in [0.3, 0.4) is 0 Å². The van der Waals surface area contributed by atoms with E-state index in [1.807, 2.05) is 0 Å². The lowest BCUT2D eigenvalue weighted by Crippen LogP contribution is -2.15. The molecule has 0 bridgehead atoms. The molecular weight excluding hydrogens is 294 g/mol. The summed E-state index contributed by atoms with van der Waals surface area (Å²) in [6, 6.07) is 0. The molecule has 0 unspecified atom stereocenters. The lowest BCUT2D eigenvalue weighted by atomic mass is 10.4. The Hall–Kier alpha value is -0.110. The summed E-state index contributed by atoms with van der Waals surface area (Å²) >= 11 is 3.07. The zero-order valence-electron chi connectivity index (χ0n) is 6.23. The van der Waals surface area contributed by atoms with Crippen LogP contribution in [-0.4, -0.2) is 16.2 Å². The van der Waals surface area contributed by atoms with Gasteiger partial charge in [0, 0.05) is 0 Å². The van der Waals surface area contributed by atoms with Crippen molar-refractivity contribution < 1.29 is 4.39 Å². The number of alkyl halides is 1. The molecule has 0 saturated heterocycles. The summed E-state index contributed by atoms with van der Waals surface area (Å²) in [7, 11) is 0. The Kier molecular flexibility index (Phi) is 3.51. The Morgan fingerprint density at radius 3 is 2.92 bits per heavy atom. The van der Waals surface area contributed by atoms with Crippen molar-refractivity contribution >= 4 is 34.4 Å². The third-order valence-corrected chi connectivity index (χ3v) is 2.92. The van der Waals surface area contributed by atoms with Gasteiger partial charge in [0.25, 0.3) is 5.56 Å². The number of hydrogen-bond donors (Lipinski definition) is 1. The molecule has 0 spiro atoms. The van der Waals surface area contributed by atoms with Crippen LogP contribution in [0.15, 0.2) is 9.95 Å². The molecule has 66 valence electrons. The third-order valence-electron chi connectivity index (χ3n) is 1.23. The first-order chi connectivity index (χ1) is 5.69. The number of aromatic amines is 1. The van der Waals surface area contributed by atoms with Crippen molar-refractivity contribution in [3.8, 4) is 0 Å². The van der Waals surface area contributed by atoms with Gasteiger partial charge in [-0.25, -0.2) is 9.37 Å². The highest BCUT2D eigenvalue weighted by Crippen LogP contribution is 2.11. The number of aromatic nitrogens is 2. The fraction of sp³-hybridized carbons (Fsp3) is 0.333. The molecule has 0 amide bonds. The molecule has 0 aromatic carbocycles. The molecule has 1 aromatic rings. The average molecular weight is 300 g/mol. The van der Waals surface area contributed by atoms with Crippen LogP contribution in [0.1, 0.15) is 5.69 Å². The van der Waals surface area contributed by atoms with Crippen molar-refractivity contribution in [3.63, 3.8) is 0 Å². The highest BCUT2D eigenvalue weighted by Gasteiger charge is 2.07. The lowest BCUT2D eigenvalue weighted by Gasteiger charge is -1.99. The monoisotopic (exact) mass is 300 g/mol. The van der Waals surface area contributed by atoms with Crippen LogP contribution in [-0.2, 0) is 6.67 Å². The van der Waals surface area contributed by atoms with Crippen molar-refractivity contribution in [2.45, 2.75) is 11.8 Å². The van der Waals surface area contributed by atoms with Gasteiger partial charge in [-0.1, -0.05) is 11.8 Å². The maximum Gasteiger partial charge on any atom is 0.265 e. The van der Waals surface area contributed by atoms with Gasteiger partial charge in [0.1, 0.15) is 10.2 Å². The first-order valence-corrected chi connectivity index (χ1v) is 5.38. The van der Waals surface area contributed by atoms with Gasteiger partial charge in [-0.15, -0.1) is 0 Å². The molecule has 0 saturated carbocycles. The minimum absolute atomic E-state index is 0.212. The zero-order valence-corrected chi connectivity index (χ0v) is 9.20. The molecule has 12 heavy (non-hydrogen) atoms. The Bertz CT molecular complexity index is 341. The molecule has 6 heteroatoms. The van der Waals surface area contributed by atoms with Crippen LogP contribution in [0, 0.1) is 3.57 Å². The fourth-order valence-corrected chi connectivity index (χ4v) is 1.46. The van der Waals surface area contributed by atoms with E-state index in [9.17, 15) is 9.18 Å². The first-order valence-electron chi connectivity index (χ1n) is 3.07. The first kappa shape index (κ1) is 9.97. The van der Waals surface area contributed by atoms with E-state index in [0.717, 1.165) is 0 Å². The van der Waals surface area contributed by atoms with Crippen molar-refractivity contribution in [1.29, 1.82) is 0 Å². The Labute approximate surface area is 86.3 Å². The Balaban J connectivity index is 3.29. The van der Waals surface area contributed by atoms with E-state index in [0.29, 0.717) is 8.73 Å².